The standard InChI is InChI=1S/C13H23N3O6S/c1-6(2)10(14)12(20)15-7(3-4-9(17)18)11(19)16-8(5-23)13(21)22/h6-8,10,23H,3-5,14H2,1-2H3,(H,15,20)(H,16,19)(H,17,18)(H,21,22)/t7-,8-,10-/m0/s1. The van der Waals surface area contributed by atoms with Crippen molar-refractivity contribution in [3.8, 4) is 0 Å². The van der Waals surface area contributed by atoms with E-state index in [4.69, 9.17) is 15.9 Å². The van der Waals surface area contributed by atoms with Crippen LogP contribution < -0.4 is 16.4 Å². The van der Waals surface area contributed by atoms with Crippen molar-refractivity contribution in [1.82, 2.24) is 10.6 Å². The summed E-state index contributed by atoms with van der Waals surface area (Å²) in [6, 6.07) is -3.30. The fourth-order valence-electron chi connectivity index (χ4n) is 1.57. The summed E-state index contributed by atoms with van der Waals surface area (Å²) in [5, 5.41) is 22.2. The first-order valence-electron chi connectivity index (χ1n) is 7.01. The molecule has 0 heterocycles. The Labute approximate surface area is 139 Å². The van der Waals surface area contributed by atoms with Gasteiger partial charge in [0.05, 0.1) is 6.04 Å². The highest BCUT2D eigenvalue weighted by atomic mass is 32.1. The highest BCUT2D eigenvalue weighted by Crippen LogP contribution is 2.03. The maximum absolute atomic E-state index is 12.1. The zero-order valence-corrected chi connectivity index (χ0v) is 13.9. The van der Waals surface area contributed by atoms with Crippen molar-refractivity contribution >= 4 is 36.4 Å². The van der Waals surface area contributed by atoms with Crippen LogP contribution in [0.15, 0.2) is 0 Å². The third-order valence-electron chi connectivity index (χ3n) is 3.10. The topological polar surface area (TPSA) is 159 Å². The van der Waals surface area contributed by atoms with Gasteiger partial charge in [0.2, 0.25) is 11.8 Å². The predicted molar refractivity (Wildman–Crippen MR) is 85.0 cm³/mol. The lowest BCUT2D eigenvalue weighted by molar-refractivity contribution is -0.142. The molecule has 0 saturated carbocycles. The zero-order chi connectivity index (χ0) is 18.2. The first-order valence-corrected chi connectivity index (χ1v) is 7.65. The van der Waals surface area contributed by atoms with Crippen molar-refractivity contribution in [2.75, 3.05) is 5.75 Å². The maximum Gasteiger partial charge on any atom is 0.327 e. The molecule has 132 valence electrons. The molecule has 0 spiro atoms. The number of thiol groups is 1. The van der Waals surface area contributed by atoms with E-state index < -0.39 is 41.9 Å². The fourth-order valence-corrected chi connectivity index (χ4v) is 1.81. The van der Waals surface area contributed by atoms with Crippen molar-refractivity contribution < 1.29 is 29.4 Å². The highest BCUT2D eigenvalue weighted by Gasteiger charge is 2.28. The van der Waals surface area contributed by atoms with Crippen LogP contribution in [0.5, 0.6) is 0 Å². The molecule has 0 fully saturated rings. The Bertz CT molecular complexity index is 457. The number of carboxylic acids is 2. The van der Waals surface area contributed by atoms with Gasteiger partial charge in [-0.2, -0.15) is 12.6 Å². The number of nitrogens with one attached hydrogen (secondary N) is 2. The van der Waals surface area contributed by atoms with Gasteiger partial charge in [-0.25, -0.2) is 4.79 Å². The SMILES string of the molecule is CC(C)[C@H](N)C(=O)N[C@@H](CCC(=O)O)C(=O)N[C@@H](CS)C(=O)O. The van der Waals surface area contributed by atoms with Gasteiger partial charge in [-0.15, -0.1) is 0 Å². The largest absolute Gasteiger partial charge is 0.481 e. The second kappa shape index (κ2) is 10.1. The number of nitrogens with two attached hydrogens (primary N) is 1. The first-order chi connectivity index (χ1) is 10.6. The van der Waals surface area contributed by atoms with Crippen molar-refractivity contribution in [3.05, 3.63) is 0 Å². The molecule has 6 N–H and O–H groups in total. The molecule has 0 aromatic heterocycles. The molecular formula is C13H23N3O6S. The first kappa shape index (κ1) is 21.2. The van der Waals surface area contributed by atoms with Crippen LogP contribution in [0.1, 0.15) is 26.7 Å². The number of hydrogen-bond donors (Lipinski definition) is 6. The Hall–Kier alpha value is -1.81. The van der Waals surface area contributed by atoms with Crippen molar-refractivity contribution in [2.45, 2.75) is 44.8 Å². The minimum absolute atomic E-state index is 0.147. The summed E-state index contributed by atoms with van der Waals surface area (Å²) < 4.78 is 0. The van der Waals surface area contributed by atoms with Crippen molar-refractivity contribution in [1.29, 1.82) is 0 Å². The van der Waals surface area contributed by atoms with E-state index in [2.05, 4.69) is 23.3 Å². The van der Waals surface area contributed by atoms with Gasteiger partial charge in [-0.1, -0.05) is 13.8 Å². The average Bonchev–Trinajstić information content (AvgIpc) is 2.46. The maximum atomic E-state index is 12.1. The monoisotopic (exact) mass is 349 g/mol. The van der Waals surface area contributed by atoms with Crippen LogP contribution in [0.3, 0.4) is 0 Å². The van der Waals surface area contributed by atoms with Gasteiger partial charge in [0, 0.05) is 12.2 Å². The minimum Gasteiger partial charge on any atom is -0.481 e. The van der Waals surface area contributed by atoms with Crippen LogP contribution in [-0.2, 0) is 19.2 Å². The molecule has 10 heteroatoms. The Balaban J connectivity index is 4.98. The van der Waals surface area contributed by atoms with Gasteiger partial charge >= 0.3 is 11.9 Å². The van der Waals surface area contributed by atoms with E-state index in [0.29, 0.717) is 0 Å². The Morgan fingerprint density at radius 3 is 1.96 bits per heavy atom. The molecule has 3 atom stereocenters. The van der Waals surface area contributed by atoms with E-state index in [1.54, 1.807) is 13.8 Å². The van der Waals surface area contributed by atoms with Crippen molar-refractivity contribution in [2.24, 2.45) is 11.7 Å². The molecule has 2 amide bonds. The third kappa shape index (κ3) is 7.84. The summed E-state index contributed by atoms with van der Waals surface area (Å²) in [6.45, 7) is 3.44. The molecule has 0 aromatic rings. The van der Waals surface area contributed by atoms with Crippen LogP contribution in [0.4, 0.5) is 0 Å². The van der Waals surface area contributed by atoms with Gasteiger partial charge in [0.25, 0.3) is 0 Å². The third-order valence-corrected chi connectivity index (χ3v) is 3.46. The lowest BCUT2D eigenvalue weighted by Crippen LogP contribution is -2.55. The van der Waals surface area contributed by atoms with Gasteiger partial charge in [0.1, 0.15) is 12.1 Å². The summed E-state index contributed by atoms with van der Waals surface area (Å²) in [5.74, 6) is -4.15. The predicted octanol–water partition coefficient (Wildman–Crippen LogP) is -1.18. The molecule has 0 aliphatic heterocycles. The summed E-state index contributed by atoms with van der Waals surface area (Å²) in [7, 11) is 0. The molecule has 0 aliphatic carbocycles. The van der Waals surface area contributed by atoms with Gasteiger partial charge < -0.3 is 26.6 Å². The molecule has 9 nitrogen and oxygen atoms in total. The summed E-state index contributed by atoms with van der Waals surface area (Å²) in [4.78, 5) is 45.6. The molecule has 0 saturated heterocycles. The summed E-state index contributed by atoms with van der Waals surface area (Å²) in [6.07, 6.45) is -0.551. The van der Waals surface area contributed by atoms with Crippen LogP contribution in [0, 0.1) is 5.92 Å². The van der Waals surface area contributed by atoms with Crippen molar-refractivity contribution in [3.63, 3.8) is 0 Å². The average molecular weight is 349 g/mol. The van der Waals surface area contributed by atoms with Crippen LogP contribution in [0.2, 0.25) is 0 Å². The summed E-state index contributed by atoms with van der Waals surface area (Å²) in [5.41, 5.74) is 5.67. The lowest BCUT2D eigenvalue weighted by atomic mass is 10.0. The number of amides is 2. The van der Waals surface area contributed by atoms with E-state index in [9.17, 15) is 19.2 Å². The second-order valence-electron chi connectivity index (χ2n) is 5.35. The smallest absolute Gasteiger partial charge is 0.327 e. The quantitative estimate of drug-likeness (QED) is 0.271. The molecule has 0 unspecified atom stereocenters. The molecule has 0 aliphatic rings. The molecule has 23 heavy (non-hydrogen) atoms. The number of hydrogen-bond acceptors (Lipinski definition) is 6. The fraction of sp³-hybridized carbons (Fsp3) is 0.692. The highest BCUT2D eigenvalue weighted by molar-refractivity contribution is 7.80. The van der Waals surface area contributed by atoms with Gasteiger partial charge in [-0.05, 0) is 12.3 Å². The second-order valence-corrected chi connectivity index (χ2v) is 5.71. The normalized spacial score (nSPS) is 14.7. The van der Waals surface area contributed by atoms with Crippen LogP contribution >= 0.6 is 12.6 Å². The molecular weight excluding hydrogens is 326 g/mol. The number of aliphatic carboxylic acids is 2. The summed E-state index contributed by atoms with van der Waals surface area (Å²) >= 11 is 3.82. The molecule has 0 aromatic carbocycles. The zero-order valence-electron chi connectivity index (χ0n) is 13.0. The number of carboxylic acid groups (broad SMARTS) is 2. The van der Waals surface area contributed by atoms with Crippen LogP contribution in [-0.4, -0.2) is 57.8 Å². The Morgan fingerprint density at radius 2 is 1.57 bits per heavy atom. The van der Waals surface area contributed by atoms with E-state index in [-0.39, 0.29) is 24.5 Å². The van der Waals surface area contributed by atoms with E-state index in [1.165, 1.54) is 0 Å². The molecule has 0 rings (SSSR count). The molecule has 0 radical (unpaired) electrons. The van der Waals surface area contributed by atoms with Gasteiger partial charge in [-0.3, -0.25) is 14.4 Å². The van der Waals surface area contributed by atoms with E-state index >= 15 is 0 Å². The van der Waals surface area contributed by atoms with Crippen LogP contribution in [0.25, 0.3) is 0 Å². The Morgan fingerprint density at radius 1 is 1.04 bits per heavy atom. The van der Waals surface area contributed by atoms with Gasteiger partial charge in [0.15, 0.2) is 0 Å². The van der Waals surface area contributed by atoms with E-state index in [0.717, 1.165) is 0 Å². The lowest BCUT2D eigenvalue weighted by Gasteiger charge is -2.23. The number of carbonyl (C=O) groups excluding carboxylic acids is 2. The van der Waals surface area contributed by atoms with E-state index in [1.807, 2.05) is 0 Å². The number of rotatable bonds is 10. The Kier molecular flexibility index (Phi) is 9.27. The molecule has 0 bridgehead atoms. The number of carbonyl (C=O) groups is 4. The minimum atomic E-state index is -1.28.